The van der Waals surface area contributed by atoms with E-state index in [9.17, 15) is 15.2 Å². The van der Waals surface area contributed by atoms with Crippen LogP contribution in [0.1, 0.15) is 58.8 Å². The first-order valence-corrected chi connectivity index (χ1v) is 8.89. The fourth-order valence-electron chi connectivity index (χ4n) is 6.16. The van der Waals surface area contributed by atoms with E-state index in [4.69, 9.17) is 0 Å². The maximum atomic E-state index is 11.9. The van der Waals surface area contributed by atoms with Crippen molar-refractivity contribution in [2.45, 2.75) is 64.4 Å². The maximum Gasteiger partial charge on any atom is 0.136 e. The number of hydrogen-bond acceptors (Lipinski definition) is 3. The molecule has 2 fully saturated rings. The molecule has 0 unspecified atom stereocenters. The number of fused-ring (bicyclic) bond motifs is 5. The van der Waals surface area contributed by atoms with Crippen molar-refractivity contribution in [3.63, 3.8) is 0 Å². The van der Waals surface area contributed by atoms with Crippen molar-refractivity contribution in [2.75, 3.05) is 0 Å². The van der Waals surface area contributed by atoms with Crippen molar-refractivity contribution >= 4 is 5.78 Å². The Labute approximate surface area is 138 Å². The highest BCUT2D eigenvalue weighted by Crippen LogP contribution is 2.66. The zero-order chi connectivity index (χ0) is 16.5. The number of carbonyl (C=O) groups excluding carboxylic acids is 1. The summed E-state index contributed by atoms with van der Waals surface area (Å²) in [6.45, 7) is 4.39. The standard InChI is InChI=1S/C20H25NO2/c1-18-9-10-20(23)17(16(18)5-4-14(18)12-21)6-3-13-11-15(22)7-8-19(13,20)2/h3-4,16-17,23H,5-11H2,1-2H3/t16-,17-,18-,19-,20+/m0/s1. The maximum absolute atomic E-state index is 11.9. The quantitative estimate of drug-likeness (QED) is 0.694. The Morgan fingerprint density at radius 1 is 1.17 bits per heavy atom. The molecule has 0 aromatic carbocycles. The Bertz CT molecular complexity index is 684. The zero-order valence-corrected chi connectivity index (χ0v) is 14.1. The molecular formula is C20H25NO2. The van der Waals surface area contributed by atoms with E-state index in [-0.39, 0.29) is 16.7 Å². The summed E-state index contributed by atoms with van der Waals surface area (Å²) in [5, 5.41) is 21.3. The van der Waals surface area contributed by atoms with Gasteiger partial charge >= 0.3 is 0 Å². The Morgan fingerprint density at radius 3 is 2.65 bits per heavy atom. The van der Waals surface area contributed by atoms with Crippen LogP contribution in [-0.4, -0.2) is 16.5 Å². The summed E-state index contributed by atoms with van der Waals surface area (Å²) in [6, 6.07) is 2.40. The highest BCUT2D eigenvalue weighted by atomic mass is 16.3. The van der Waals surface area contributed by atoms with E-state index in [1.165, 1.54) is 5.57 Å². The molecule has 0 bridgehead atoms. The first-order valence-electron chi connectivity index (χ1n) is 8.89. The Hall–Kier alpha value is -1.40. The Balaban J connectivity index is 1.76. The van der Waals surface area contributed by atoms with Crippen LogP contribution in [0.15, 0.2) is 23.3 Å². The van der Waals surface area contributed by atoms with Gasteiger partial charge in [0.2, 0.25) is 0 Å². The number of rotatable bonds is 0. The molecule has 4 aliphatic carbocycles. The number of ketones is 1. The lowest BCUT2D eigenvalue weighted by molar-refractivity contribution is -0.177. The summed E-state index contributed by atoms with van der Waals surface area (Å²) in [5.41, 5.74) is 1.03. The van der Waals surface area contributed by atoms with Crippen molar-refractivity contribution in [1.29, 1.82) is 5.26 Å². The molecule has 4 aliphatic rings. The topological polar surface area (TPSA) is 61.1 Å². The molecule has 0 aromatic heterocycles. The highest BCUT2D eigenvalue weighted by molar-refractivity contribution is 5.83. The van der Waals surface area contributed by atoms with Gasteiger partial charge in [-0.3, -0.25) is 4.79 Å². The molecule has 0 radical (unpaired) electrons. The Kier molecular flexibility index (Phi) is 3.01. The van der Waals surface area contributed by atoms with Crippen LogP contribution in [0.2, 0.25) is 0 Å². The first-order chi connectivity index (χ1) is 10.8. The van der Waals surface area contributed by atoms with Gasteiger partial charge in [-0.15, -0.1) is 0 Å². The van der Waals surface area contributed by atoms with Crippen LogP contribution in [0.5, 0.6) is 0 Å². The second-order valence-electron chi connectivity index (χ2n) is 8.53. The smallest absolute Gasteiger partial charge is 0.136 e. The lowest BCUT2D eigenvalue weighted by atomic mass is 9.45. The number of hydrogen-bond donors (Lipinski definition) is 1. The van der Waals surface area contributed by atoms with E-state index < -0.39 is 5.60 Å². The van der Waals surface area contributed by atoms with Crippen LogP contribution in [0.25, 0.3) is 0 Å². The van der Waals surface area contributed by atoms with Crippen LogP contribution in [0, 0.1) is 34.0 Å². The van der Waals surface area contributed by atoms with E-state index in [0.29, 0.717) is 24.5 Å². The van der Waals surface area contributed by atoms with E-state index in [0.717, 1.165) is 37.7 Å². The summed E-state index contributed by atoms with van der Waals surface area (Å²) >= 11 is 0. The van der Waals surface area contributed by atoms with Gasteiger partial charge in [-0.2, -0.15) is 5.26 Å². The largest absolute Gasteiger partial charge is 0.389 e. The van der Waals surface area contributed by atoms with Gasteiger partial charge < -0.3 is 5.11 Å². The molecule has 122 valence electrons. The SMILES string of the molecule is C[C@@]12CC[C@@]3(O)[C@@H](CC=C4CC(=O)CC[C@@]43C)[C@@H]1CC=C2C#N. The molecule has 1 N–H and O–H groups in total. The monoisotopic (exact) mass is 311 g/mol. The normalized spacial score (nSPS) is 48.5. The van der Waals surface area contributed by atoms with Gasteiger partial charge in [0.05, 0.1) is 11.7 Å². The number of nitrogens with zero attached hydrogens (tertiary/aromatic N) is 1. The number of aliphatic hydroxyl groups is 1. The molecule has 3 nitrogen and oxygen atoms in total. The molecule has 4 rings (SSSR count). The van der Waals surface area contributed by atoms with Crippen LogP contribution >= 0.6 is 0 Å². The zero-order valence-electron chi connectivity index (χ0n) is 14.1. The molecule has 2 saturated carbocycles. The average molecular weight is 311 g/mol. The van der Waals surface area contributed by atoms with E-state index in [1.54, 1.807) is 0 Å². The minimum atomic E-state index is -0.722. The number of Topliss-reactive ketones (excluding diaryl/α,β-unsaturated/α-hetero) is 1. The second-order valence-corrected chi connectivity index (χ2v) is 8.53. The molecule has 0 heterocycles. The summed E-state index contributed by atoms with van der Waals surface area (Å²) < 4.78 is 0. The van der Waals surface area contributed by atoms with Crippen molar-refractivity contribution < 1.29 is 9.90 Å². The summed E-state index contributed by atoms with van der Waals surface area (Å²) in [5.74, 6) is 0.860. The lowest BCUT2D eigenvalue weighted by Gasteiger charge is -2.61. The molecule has 23 heavy (non-hydrogen) atoms. The third-order valence-corrected chi connectivity index (χ3v) is 7.83. The fraction of sp³-hybridized carbons (Fsp3) is 0.700. The molecule has 0 amide bonds. The molecule has 0 saturated heterocycles. The predicted molar refractivity (Wildman–Crippen MR) is 87.2 cm³/mol. The van der Waals surface area contributed by atoms with E-state index in [2.05, 4.69) is 32.1 Å². The van der Waals surface area contributed by atoms with E-state index >= 15 is 0 Å². The van der Waals surface area contributed by atoms with Crippen LogP contribution in [0.3, 0.4) is 0 Å². The van der Waals surface area contributed by atoms with Gasteiger partial charge in [-0.1, -0.05) is 31.6 Å². The van der Waals surface area contributed by atoms with Crippen LogP contribution in [-0.2, 0) is 4.79 Å². The van der Waals surface area contributed by atoms with Crippen LogP contribution in [0.4, 0.5) is 0 Å². The first kappa shape index (κ1) is 15.1. The van der Waals surface area contributed by atoms with Crippen molar-refractivity contribution in [3.8, 4) is 6.07 Å². The molecule has 5 atom stereocenters. The van der Waals surface area contributed by atoms with Gasteiger partial charge in [0.25, 0.3) is 0 Å². The van der Waals surface area contributed by atoms with Gasteiger partial charge in [-0.25, -0.2) is 0 Å². The molecule has 0 aliphatic heterocycles. The lowest BCUT2D eigenvalue weighted by Crippen LogP contribution is -2.62. The molecular weight excluding hydrogens is 286 g/mol. The average Bonchev–Trinajstić information content (AvgIpc) is 2.86. The minimum Gasteiger partial charge on any atom is -0.389 e. The van der Waals surface area contributed by atoms with Gasteiger partial charge in [0, 0.05) is 29.2 Å². The Morgan fingerprint density at radius 2 is 1.91 bits per heavy atom. The summed E-state index contributed by atoms with van der Waals surface area (Å²) in [6.07, 6.45) is 9.60. The van der Waals surface area contributed by atoms with Gasteiger partial charge in [0.15, 0.2) is 0 Å². The molecule has 0 spiro atoms. The number of carbonyl (C=O) groups is 1. The van der Waals surface area contributed by atoms with Crippen molar-refractivity contribution in [1.82, 2.24) is 0 Å². The third kappa shape index (κ3) is 1.71. The third-order valence-electron chi connectivity index (χ3n) is 7.83. The summed E-state index contributed by atoms with van der Waals surface area (Å²) in [4.78, 5) is 11.9. The predicted octanol–water partition coefficient (Wildman–Crippen LogP) is 3.69. The van der Waals surface area contributed by atoms with E-state index in [1.807, 2.05) is 0 Å². The number of allylic oxidation sites excluding steroid dienone is 3. The van der Waals surface area contributed by atoms with Crippen LogP contribution < -0.4 is 0 Å². The van der Waals surface area contributed by atoms with Gasteiger partial charge in [0.1, 0.15) is 5.78 Å². The highest BCUT2D eigenvalue weighted by Gasteiger charge is 2.64. The second kappa shape index (κ2) is 4.57. The summed E-state index contributed by atoms with van der Waals surface area (Å²) in [7, 11) is 0. The minimum absolute atomic E-state index is 0.0716. The number of nitriles is 1. The van der Waals surface area contributed by atoms with Crippen molar-refractivity contribution in [3.05, 3.63) is 23.3 Å². The van der Waals surface area contributed by atoms with Gasteiger partial charge in [-0.05, 0) is 43.9 Å². The van der Waals surface area contributed by atoms with Crippen molar-refractivity contribution in [2.24, 2.45) is 22.7 Å². The molecule has 0 aromatic rings. The fourth-order valence-corrected chi connectivity index (χ4v) is 6.16. The molecule has 3 heteroatoms.